The van der Waals surface area contributed by atoms with Gasteiger partial charge in [0.1, 0.15) is 10.9 Å². The van der Waals surface area contributed by atoms with Crippen LogP contribution in [0.25, 0.3) is 21.8 Å². The second kappa shape index (κ2) is 8.22. The first kappa shape index (κ1) is 21.4. The average molecular weight is 451 g/mol. The van der Waals surface area contributed by atoms with Gasteiger partial charge in [0.05, 0.1) is 18.3 Å². The van der Waals surface area contributed by atoms with Gasteiger partial charge in [0.15, 0.2) is 0 Å². The Hall–Kier alpha value is -3.28. The van der Waals surface area contributed by atoms with Crippen LogP contribution in [-0.4, -0.2) is 44.1 Å². The number of halogens is 1. The molecule has 3 heterocycles. The first-order chi connectivity index (χ1) is 14.0. The number of pyridine rings is 2. The zero-order chi connectivity index (χ0) is 22.1. The van der Waals surface area contributed by atoms with Crippen LogP contribution in [0.15, 0.2) is 52.3 Å². The molecule has 0 amide bonds. The van der Waals surface area contributed by atoms with E-state index in [0.717, 1.165) is 10.2 Å². The number of rotatable bonds is 2. The van der Waals surface area contributed by atoms with Gasteiger partial charge in [-0.05, 0) is 35.9 Å². The van der Waals surface area contributed by atoms with Gasteiger partial charge in [-0.2, -0.15) is 8.42 Å². The lowest BCUT2D eigenvalue weighted by Gasteiger charge is -2.09. The summed E-state index contributed by atoms with van der Waals surface area (Å²) < 4.78 is 26.9. The number of H-pyrrole nitrogens is 1. The van der Waals surface area contributed by atoms with Crippen LogP contribution in [0.3, 0.4) is 0 Å². The lowest BCUT2D eigenvalue weighted by Crippen LogP contribution is -2.28. The normalized spacial score (nSPS) is 11.3. The largest absolute Gasteiger partial charge is 0.491 e. The minimum absolute atomic E-state index is 0.00394. The molecule has 4 rings (SSSR count). The topological polar surface area (TPSA) is 155 Å². The van der Waals surface area contributed by atoms with Gasteiger partial charge < -0.3 is 10.1 Å². The van der Waals surface area contributed by atoms with Crippen LogP contribution in [0.4, 0.5) is 0 Å². The van der Waals surface area contributed by atoms with Crippen LogP contribution in [0.5, 0.6) is 5.88 Å². The molecule has 0 atom stereocenters. The van der Waals surface area contributed by atoms with E-state index in [9.17, 15) is 23.1 Å². The van der Waals surface area contributed by atoms with Crippen molar-refractivity contribution in [3.05, 3.63) is 73.9 Å². The molecular formula is C18H15ClN4O6S. The maximum Gasteiger partial charge on any atom is 0.280 e. The average Bonchev–Trinajstić information content (AvgIpc) is 2.65. The van der Waals surface area contributed by atoms with E-state index in [-0.39, 0.29) is 17.4 Å². The minimum Gasteiger partial charge on any atom is -0.491 e. The summed E-state index contributed by atoms with van der Waals surface area (Å²) in [6.07, 6.45) is 3.89. The van der Waals surface area contributed by atoms with E-state index >= 15 is 0 Å². The van der Waals surface area contributed by atoms with Gasteiger partial charge in [-0.1, -0.05) is 11.6 Å². The summed E-state index contributed by atoms with van der Waals surface area (Å²) in [6.45, 7) is 0.114. The zero-order valence-electron chi connectivity index (χ0n) is 15.4. The van der Waals surface area contributed by atoms with Crippen LogP contribution in [0.2, 0.25) is 5.02 Å². The fraction of sp³-hybridized carbons (Fsp3) is 0.111. The van der Waals surface area contributed by atoms with Crippen molar-refractivity contribution in [1.29, 1.82) is 0 Å². The molecular weight excluding hydrogens is 436 g/mol. The monoisotopic (exact) mass is 450 g/mol. The molecule has 12 heteroatoms. The summed E-state index contributed by atoms with van der Waals surface area (Å²) in [4.78, 5) is 32.3. The molecule has 156 valence electrons. The molecule has 10 nitrogen and oxygen atoms in total. The van der Waals surface area contributed by atoms with Crippen molar-refractivity contribution >= 4 is 43.5 Å². The van der Waals surface area contributed by atoms with E-state index in [1.165, 1.54) is 0 Å². The standard InChI is InChI=1S/C17H11ClN4O3.CH4O3S/c18-10-1-2-11-12(7-10)20-14-13(15(11)23)17(25)22(21-16(14)24)8-9-3-5-19-6-4-9;1-5(2,3)4/h1-7H,8H2,(H,20,23)(H,21,24);1H3,(H,2,3,4). The first-order valence-corrected chi connectivity index (χ1v) is 10.5. The molecule has 0 aliphatic rings. The molecule has 0 radical (unpaired) electrons. The van der Waals surface area contributed by atoms with E-state index in [2.05, 4.69) is 15.1 Å². The highest BCUT2D eigenvalue weighted by molar-refractivity contribution is 7.85. The van der Waals surface area contributed by atoms with Crippen molar-refractivity contribution in [3.8, 4) is 5.88 Å². The van der Waals surface area contributed by atoms with Crippen molar-refractivity contribution in [1.82, 2.24) is 19.7 Å². The maximum absolute atomic E-state index is 12.8. The number of benzene rings is 1. The molecule has 0 saturated heterocycles. The van der Waals surface area contributed by atoms with Crippen molar-refractivity contribution in [3.63, 3.8) is 0 Å². The lowest BCUT2D eigenvalue weighted by molar-refractivity contribution is 0.431. The van der Waals surface area contributed by atoms with Gasteiger partial charge in [-0.15, -0.1) is 5.10 Å². The third kappa shape index (κ3) is 4.82. The zero-order valence-corrected chi connectivity index (χ0v) is 17.0. The van der Waals surface area contributed by atoms with Crippen LogP contribution < -0.4 is 11.0 Å². The fourth-order valence-electron chi connectivity index (χ4n) is 2.74. The van der Waals surface area contributed by atoms with Crippen LogP contribution >= 0.6 is 11.6 Å². The molecule has 0 aliphatic heterocycles. The molecule has 0 unspecified atom stereocenters. The number of fused-ring (bicyclic) bond motifs is 2. The number of nitrogens with zero attached hydrogens (tertiary/aromatic N) is 3. The quantitative estimate of drug-likeness (QED) is 0.307. The van der Waals surface area contributed by atoms with Gasteiger partial charge in [-0.3, -0.25) is 19.1 Å². The predicted octanol–water partition coefficient (Wildman–Crippen LogP) is 1.54. The third-order valence-corrected chi connectivity index (χ3v) is 4.17. The van der Waals surface area contributed by atoms with Crippen LogP contribution in [0, 0.1) is 0 Å². The smallest absolute Gasteiger partial charge is 0.280 e. The number of hydrogen-bond acceptors (Lipinski definition) is 7. The Balaban J connectivity index is 0.000000461. The summed E-state index contributed by atoms with van der Waals surface area (Å²) in [6, 6.07) is 8.12. The highest BCUT2D eigenvalue weighted by Gasteiger charge is 2.16. The third-order valence-electron chi connectivity index (χ3n) is 3.93. The van der Waals surface area contributed by atoms with E-state index < -0.39 is 27.0 Å². The summed E-state index contributed by atoms with van der Waals surface area (Å²) in [5.41, 5.74) is 0.130. The Morgan fingerprint density at radius 1 is 1.17 bits per heavy atom. The van der Waals surface area contributed by atoms with E-state index in [4.69, 9.17) is 16.2 Å². The Morgan fingerprint density at radius 3 is 2.43 bits per heavy atom. The van der Waals surface area contributed by atoms with Crippen molar-refractivity contribution in [2.45, 2.75) is 6.54 Å². The van der Waals surface area contributed by atoms with Crippen molar-refractivity contribution in [2.24, 2.45) is 0 Å². The number of nitrogens with one attached hydrogen (secondary N) is 1. The summed E-state index contributed by atoms with van der Waals surface area (Å²) in [7, 11) is -3.67. The molecule has 0 aliphatic carbocycles. The fourth-order valence-corrected chi connectivity index (χ4v) is 2.91. The molecule has 0 bridgehead atoms. The number of aromatic nitrogens is 4. The van der Waals surface area contributed by atoms with Crippen molar-refractivity contribution in [2.75, 3.05) is 6.26 Å². The van der Waals surface area contributed by atoms with Gasteiger partial charge >= 0.3 is 0 Å². The minimum atomic E-state index is -3.67. The highest BCUT2D eigenvalue weighted by atomic mass is 35.5. The highest BCUT2D eigenvalue weighted by Crippen LogP contribution is 2.21. The maximum atomic E-state index is 12.8. The van der Waals surface area contributed by atoms with E-state index in [1.54, 1.807) is 42.7 Å². The van der Waals surface area contributed by atoms with Crippen molar-refractivity contribution < 1.29 is 18.1 Å². The molecule has 0 fully saturated rings. The Morgan fingerprint density at radius 2 is 1.80 bits per heavy atom. The molecule has 4 aromatic rings. The van der Waals surface area contributed by atoms with Gasteiger partial charge in [0, 0.05) is 22.8 Å². The number of hydrogen-bond donors (Lipinski definition) is 3. The summed E-state index contributed by atoms with van der Waals surface area (Å²) in [5.74, 6) is -0.428. The molecule has 1 aromatic carbocycles. The van der Waals surface area contributed by atoms with E-state index in [1.807, 2.05) is 0 Å². The number of aromatic hydroxyl groups is 1. The second-order valence-corrected chi connectivity index (χ2v) is 8.17. The summed E-state index contributed by atoms with van der Waals surface area (Å²) in [5, 5.41) is 14.7. The second-order valence-electron chi connectivity index (χ2n) is 6.27. The Kier molecular flexibility index (Phi) is 5.87. The summed E-state index contributed by atoms with van der Waals surface area (Å²) >= 11 is 5.94. The molecule has 30 heavy (non-hydrogen) atoms. The van der Waals surface area contributed by atoms with Gasteiger partial charge in [0.2, 0.25) is 5.43 Å². The van der Waals surface area contributed by atoms with Crippen LogP contribution in [0.1, 0.15) is 5.56 Å². The lowest BCUT2D eigenvalue weighted by atomic mass is 10.1. The van der Waals surface area contributed by atoms with Crippen LogP contribution in [-0.2, 0) is 16.7 Å². The Bertz CT molecular complexity index is 1460. The molecule has 3 N–H and O–H groups in total. The van der Waals surface area contributed by atoms with Gasteiger partial charge in [-0.25, -0.2) is 4.68 Å². The van der Waals surface area contributed by atoms with Gasteiger partial charge in [0.25, 0.3) is 21.6 Å². The predicted molar refractivity (Wildman–Crippen MR) is 112 cm³/mol. The Labute approximate surface area is 174 Å². The number of aromatic amines is 1. The molecule has 3 aromatic heterocycles. The van der Waals surface area contributed by atoms with E-state index in [0.29, 0.717) is 22.2 Å². The molecule has 0 spiro atoms. The first-order valence-electron chi connectivity index (χ1n) is 8.31. The molecule has 0 saturated carbocycles. The SMILES string of the molecule is CS(=O)(=O)O.O=c1c2ccc(Cl)cc2[nH]c2c(O)nn(Cc3ccncc3)c(=O)c12.